The van der Waals surface area contributed by atoms with Crippen molar-refractivity contribution in [3.05, 3.63) is 81.5 Å². The van der Waals surface area contributed by atoms with Crippen LogP contribution < -0.4 is 0 Å². The van der Waals surface area contributed by atoms with Crippen molar-refractivity contribution >= 4 is 85.5 Å². The molecule has 0 saturated carbocycles. The van der Waals surface area contributed by atoms with Crippen molar-refractivity contribution in [2.75, 3.05) is 13.9 Å². The molecular weight excluding hydrogens is 627 g/mol. The Hall–Kier alpha value is -2.96. The number of aryl methyl sites for hydroxylation is 1. The van der Waals surface area contributed by atoms with Gasteiger partial charge in [-0.1, -0.05) is 36.4 Å². The quantitative estimate of drug-likeness (QED) is 0.132. The van der Waals surface area contributed by atoms with Gasteiger partial charge >= 0.3 is 17.8 Å². The van der Waals surface area contributed by atoms with E-state index in [1.165, 1.54) is 25.4 Å². The number of allylic oxidation sites excluding steroid dienone is 2. The third-order valence-electron chi connectivity index (χ3n) is 8.03. The van der Waals surface area contributed by atoms with Crippen molar-refractivity contribution in [1.82, 2.24) is 0 Å². The molecule has 1 aliphatic rings. The fourth-order valence-corrected chi connectivity index (χ4v) is 9.81. The summed E-state index contributed by atoms with van der Waals surface area (Å²) in [6.07, 6.45) is -0.915. The largest absolute Gasteiger partial charge is 0.380 e. The van der Waals surface area contributed by atoms with Gasteiger partial charge in [0.15, 0.2) is 0 Å². The molecule has 0 saturated heterocycles. The number of alkyl halides is 6. The van der Waals surface area contributed by atoms with Gasteiger partial charge in [0, 0.05) is 52.0 Å². The van der Waals surface area contributed by atoms with E-state index in [-0.39, 0.29) is 27.7 Å². The van der Waals surface area contributed by atoms with Gasteiger partial charge in [0.25, 0.3) is 0 Å². The van der Waals surface area contributed by atoms with E-state index in [1.54, 1.807) is 31.2 Å². The lowest BCUT2D eigenvalue weighted by Crippen LogP contribution is -2.48. The fraction of sp³-hybridized carbons (Fsp3) is 0.250. The first kappa shape index (κ1) is 28.8. The van der Waals surface area contributed by atoms with E-state index in [0.29, 0.717) is 20.2 Å². The lowest BCUT2D eigenvalue weighted by molar-refractivity contribution is -0.254. The first-order valence-corrected chi connectivity index (χ1v) is 15.7. The number of halogens is 6. The lowest BCUT2D eigenvalue weighted by Gasteiger charge is -2.26. The van der Waals surface area contributed by atoms with Crippen molar-refractivity contribution in [3.63, 3.8) is 0 Å². The highest BCUT2D eigenvalue weighted by Crippen LogP contribution is 2.67. The van der Waals surface area contributed by atoms with Crippen LogP contribution in [0.4, 0.5) is 26.3 Å². The van der Waals surface area contributed by atoms with Crippen LogP contribution in [0, 0.1) is 6.92 Å². The Kier molecular flexibility index (Phi) is 6.54. The highest BCUT2D eigenvalue weighted by atomic mass is 32.1. The summed E-state index contributed by atoms with van der Waals surface area (Å²) in [5.74, 6) is -16.0. The molecule has 3 aromatic heterocycles. The zero-order valence-electron chi connectivity index (χ0n) is 22.9. The van der Waals surface area contributed by atoms with Crippen molar-refractivity contribution in [3.8, 4) is 0 Å². The number of hydrogen-bond donors (Lipinski definition) is 0. The molecule has 0 unspecified atom stereocenters. The minimum Gasteiger partial charge on any atom is -0.359 e. The number of fused-ring (bicyclic) bond motifs is 5. The van der Waals surface area contributed by atoms with Gasteiger partial charge < -0.3 is 9.47 Å². The van der Waals surface area contributed by atoms with Crippen LogP contribution in [0.2, 0.25) is 0 Å². The van der Waals surface area contributed by atoms with Crippen molar-refractivity contribution in [2.45, 2.75) is 37.7 Å². The van der Waals surface area contributed by atoms with Gasteiger partial charge in [-0.2, -0.15) is 26.3 Å². The molecule has 43 heavy (non-hydrogen) atoms. The molecule has 2 nitrogen and oxygen atoms in total. The molecule has 0 spiro atoms. The van der Waals surface area contributed by atoms with Crippen molar-refractivity contribution in [1.29, 1.82) is 0 Å². The number of rotatable bonds is 6. The first-order valence-electron chi connectivity index (χ1n) is 13.3. The fourth-order valence-electron chi connectivity index (χ4n) is 5.92. The number of ether oxygens (including phenoxy) is 2. The van der Waals surface area contributed by atoms with Crippen molar-refractivity contribution < 1.29 is 35.8 Å². The molecule has 3 aromatic carbocycles. The second-order valence-electron chi connectivity index (χ2n) is 10.5. The molecule has 11 heteroatoms. The van der Waals surface area contributed by atoms with E-state index < -0.39 is 35.0 Å². The zero-order valence-corrected chi connectivity index (χ0v) is 25.3. The maximum Gasteiger partial charge on any atom is 0.380 e. The van der Waals surface area contributed by atoms with E-state index >= 15 is 26.3 Å². The van der Waals surface area contributed by atoms with Crippen molar-refractivity contribution in [2.24, 2.45) is 0 Å². The molecule has 222 valence electrons. The monoisotopic (exact) mass is 648 g/mol. The molecule has 0 amide bonds. The number of benzene rings is 3. The number of hydrogen-bond acceptors (Lipinski definition) is 5. The second-order valence-corrected chi connectivity index (χ2v) is 13.7. The van der Waals surface area contributed by atoms with Crippen LogP contribution in [0.1, 0.15) is 33.9 Å². The van der Waals surface area contributed by atoms with Gasteiger partial charge in [-0.15, -0.1) is 34.0 Å². The molecule has 6 aromatic rings. The number of methoxy groups -OCH3 is 1. The van der Waals surface area contributed by atoms with Crippen LogP contribution in [0.15, 0.2) is 60.7 Å². The highest BCUT2D eigenvalue weighted by Gasteiger charge is 2.81. The highest BCUT2D eigenvalue weighted by molar-refractivity contribution is 7.26. The van der Waals surface area contributed by atoms with Gasteiger partial charge in [-0.05, 0) is 54.4 Å². The van der Waals surface area contributed by atoms with Crippen LogP contribution in [-0.2, 0) is 9.47 Å². The minimum absolute atomic E-state index is 0.143. The van der Waals surface area contributed by atoms with E-state index in [9.17, 15) is 0 Å². The van der Waals surface area contributed by atoms with Gasteiger partial charge in [-0.3, -0.25) is 0 Å². The predicted molar refractivity (Wildman–Crippen MR) is 164 cm³/mol. The predicted octanol–water partition coefficient (Wildman–Crippen LogP) is 11.3. The van der Waals surface area contributed by atoms with Crippen LogP contribution in [0.5, 0.6) is 0 Å². The Labute approximate surface area is 253 Å². The summed E-state index contributed by atoms with van der Waals surface area (Å²) >= 11 is 3.14. The summed E-state index contributed by atoms with van der Waals surface area (Å²) in [4.78, 5) is -0.617. The molecule has 7 rings (SSSR count). The molecule has 0 radical (unpaired) electrons. The molecule has 0 aliphatic heterocycles. The third kappa shape index (κ3) is 3.91. The minimum atomic E-state index is -5.66. The topological polar surface area (TPSA) is 18.5 Å². The maximum atomic E-state index is 15.9. The van der Waals surface area contributed by atoms with Crippen LogP contribution >= 0.6 is 34.0 Å². The summed E-state index contributed by atoms with van der Waals surface area (Å²) < 4.78 is 108. The maximum absolute atomic E-state index is 15.9. The van der Waals surface area contributed by atoms with Crippen LogP contribution in [0.3, 0.4) is 0 Å². The normalized spacial score (nSPS) is 18.5. The Morgan fingerprint density at radius 2 is 1.23 bits per heavy atom. The van der Waals surface area contributed by atoms with Gasteiger partial charge in [0.05, 0.1) is 17.3 Å². The summed E-state index contributed by atoms with van der Waals surface area (Å²) in [5, 5.41) is 2.89. The third-order valence-corrected chi connectivity index (χ3v) is 11.6. The number of thiophene rings is 3. The molecule has 0 fully saturated rings. The molecule has 3 heterocycles. The molecular formula is C32H22F6O2S3. The van der Waals surface area contributed by atoms with E-state index in [2.05, 4.69) is 0 Å². The smallest absolute Gasteiger partial charge is 0.359 e. The molecule has 0 N–H and O–H groups in total. The standard InChI is InChI=1S/C32H22F6O2S3/c1-15-19-12-20-17-8-4-6-10-21(17)41-24(20)13-23(19)43-28(15)26-27(31(35,36)32(37,38)30(26,33)34)29-25(16(2)40-14-39-3)18-9-5-7-11-22(18)42-29/h4-13,16H,14H2,1-3H3/t16-/m0/s1. The SMILES string of the molecule is COCO[C@@H](C)c1c(C2=C(c3sc4cc5sc6ccccc6c5cc4c3C)C(F)(F)C(F)(F)C2(F)F)sc2ccccc12. The first-order chi connectivity index (χ1) is 20.4. The second kappa shape index (κ2) is 9.77. The lowest BCUT2D eigenvalue weighted by atomic mass is 9.96. The Morgan fingerprint density at radius 1 is 0.674 bits per heavy atom. The molecule has 1 atom stereocenters. The van der Waals surface area contributed by atoms with Crippen LogP contribution in [-0.4, -0.2) is 31.7 Å². The Bertz CT molecular complexity index is 2100. The van der Waals surface area contributed by atoms with Gasteiger partial charge in [0.1, 0.15) is 6.79 Å². The summed E-state index contributed by atoms with van der Waals surface area (Å²) in [6.45, 7) is 2.88. The average molecular weight is 649 g/mol. The zero-order chi connectivity index (χ0) is 30.5. The molecule has 1 aliphatic carbocycles. The molecule has 0 bridgehead atoms. The Balaban J connectivity index is 1.56. The van der Waals surface area contributed by atoms with E-state index in [0.717, 1.165) is 42.8 Å². The average Bonchev–Trinajstić information content (AvgIpc) is 3.65. The van der Waals surface area contributed by atoms with Crippen LogP contribution in [0.25, 0.3) is 51.5 Å². The van der Waals surface area contributed by atoms with E-state index in [1.807, 2.05) is 36.4 Å². The summed E-state index contributed by atoms with van der Waals surface area (Å²) in [5.41, 5.74) is -2.29. The summed E-state index contributed by atoms with van der Waals surface area (Å²) in [7, 11) is 1.38. The summed E-state index contributed by atoms with van der Waals surface area (Å²) in [6, 6.07) is 18.0. The van der Waals surface area contributed by atoms with E-state index in [4.69, 9.17) is 9.47 Å². The van der Waals surface area contributed by atoms with Gasteiger partial charge in [-0.25, -0.2) is 0 Å². The Morgan fingerprint density at radius 3 is 1.91 bits per heavy atom. The van der Waals surface area contributed by atoms with Gasteiger partial charge in [0.2, 0.25) is 0 Å².